The third-order valence-corrected chi connectivity index (χ3v) is 2.86. The summed E-state index contributed by atoms with van der Waals surface area (Å²) in [6.07, 6.45) is 3.50. The van der Waals surface area contributed by atoms with Crippen LogP contribution < -0.4 is 10.5 Å². The molecule has 0 aromatic carbocycles. The summed E-state index contributed by atoms with van der Waals surface area (Å²) in [7, 11) is 1.75. The molecule has 112 valence electrons. The quantitative estimate of drug-likeness (QED) is 0.763. The molecule has 0 aliphatic rings. The summed E-state index contributed by atoms with van der Waals surface area (Å²) >= 11 is 0. The topological polar surface area (TPSA) is 64.4 Å². The van der Waals surface area contributed by atoms with E-state index in [0.29, 0.717) is 19.0 Å². The highest BCUT2D eigenvalue weighted by molar-refractivity contribution is 5.70. The molecule has 1 rings (SSSR count). The molecule has 0 radical (unpaired) electrons. The largest absolute Gasteiger partial charge is 0.466 e. The Kier molecular flexibility index (Phi) is 5.30. The summed E-state index contributed by atoms with van der Waals surface area (Å²) in [5.74, 6) is 0.0677. The fourth-order valence-corrected chi connectivity index (χ4v) is 1.79. The van der Waals surface area contributed by atoms with Crippen LogP contribution in [0.4, 0.5) is 5.82 Å². The van der Waals surface area contributed by atoms with Crippen molar-refractivity contribution in [3.8, 4) is 0 Å². The molecule has 0 amide bonds. The zero-order chi connectivity index (χ0) is 15.3. The Labute approximate surface area is 119 Å². The molecule has 0 unspecified atom stereocenters. The van der Waals surface area contributed by atoms with Crippen molar-refractivity contribution in [2.24, 2.45) is 0 Å². The Bertz CT molecular complexity index is 517. The van der Waals surface area contributed by atoms with Gasteiger partial charge in [-0.25, -0.2) is 4.98 Å². The molecule has 0 bridgehead atoms. The van der Waals surface area contributed by atoms with E-state index >= 15 is 0 Å². The Balaban J connectivity index is 2.87. The van der Waals surface area contributed by atoms with Gasteiger partial charge in [0, 0.05) is 31.5 Å². The number of hydrogen-bond donors (Lipinski definition) is 0. The van der Waals surface area contributed by atoms with Crippen molar-refractivity contribution in [2.45, 2.75) is 39.7 Å². The second-order valence-electron chi connectivity index (χ2n) is 5.57. The van der Waals surface area contributed by atoms with Crippen LogP contribution in [0.2, 0.25) is 0 Å². The van der Waals surface area contributed by atoms with Crippen LogP contribution in [0, 0.1) is 0 Å². The van der Waals surface area contributed by atoms with Crippen molar-refractivity contribution in [3.63, 3.8) is 0 Å². The van der Waals surface area contributed by atoms with Gasteiger partial charge in [-0.3, -0.25) is 9.59 Å². The van der Waals surface area contributed by atoms with Gasteiger partial charge < -0.3 is 14.2 Å². The SMILES string of the molecule is CCOC(=O)CCN(C)c1nccn(C(C)(C)C)c1=O. The molecule has 1 aromatic rings. The minimum Gasteiger partial charge on any atom is -0.466 e. The summed E-state index contributed by atoms with van der Waals surface area (Å²) in [5, 5.41) is 0. The summed E-state index contributed by atoms with van der Waals surface area (Å²) in [6, 6.07) is 0. The van der Waals surface area contributed by atoms with Gasteiger partial charge >= 0.3 is 5.97 Å². The van der Waals surface area contributed by atoms with Crippen LogP contribution in [0.5, 0.6) is 0 Å². The van der Waals surface area contributed by atoms with Gasteiger partial charge in [-0.1, -0.05) is 0 Å². The van der Waals surface area contributed by atoms with Crippen LogP contribution in [-0.2, 0) is 15.1 Å². The molecule has 1 aromatic heterocycles. The highest BCUT2D eigenvalue weighted by atomic mass is 16.5. The smallest absolute Gasteiger partial charge is 0.307 e. The Morgan fingerprint density at radius 2 is 2.10 bits per heavy atom. The number of carbonyl (C=O) groups excluding carboxylic acids is 1. The number of esters is 1. The van der Waals surface area contributed by atoms with E-state index in [1.807, 2.05) is 20.8 Å². The van der Waals surface area contributed by atoms with E-state index in [4.69, 9.17) is 4.74 Å². The van der Waals surface area contributed by atoms with E-state index < -0.39 is 0 Å². The first-order valence-corrected chi connectivity index (χ1v) is 6.72. The highest BCUT2D eigenvalue weighted by Crippen LogP contribution is 2.12. The molecule has 0 fully saturated rings. The zero-order valence-corrected chi connectivity index (χ0v) is 12.8. The average Bonchev–Trinajstić information content (AvgIpc) is 2.35. The molecule has 0 saturated carbocycles. The van der Waals surface area contributed by atoms with Crippen molar-refractivity contribution < 1.29 is 9.53 Å². The molecular formula is C14H23N3O3. The maximum absolute atomic E-state index is 12.4. The fourth-order valence-electron chi connectivity index (χ4n) is 1.79. The minimum atomic E-state index is -0.309. The molecule has 0 atom stereocenters. The lowest BCUT2D eigenvalue weighted by Crippen LogP contribution is -2.38. The standard InChI is InChI=1S/C14H23N3O3/c1-6-20-11(18)7-9-16(5)12-13(19)17(10-8-15-12)14(2,3)4/h8,10H,6-7,9H2,1-5H3. The Morgan fingerprint density at radius 3 is 2.65 bits per heavy atom. The van der Waals surface area contributed by atoms with Crippen molar-refractivity contribution in [3.05, 3.63) is 22.7 Å². The molecule has 6 nitrogen and oxygen atoms in total. The number of hydrogen-bond acceptors (Lipinski definition) is 5. The predicted molar refractivity (Wildman–Crippen MR) is 78.0 cm³/mol. The monoisotopic (exact) mass is 281 g/mol. The Morgan fingerprint density at radius 1 is 1.45 bits per heavy atom. The maximum atomic E-state index is 12.4. The third kappa shape index (κ3) is 4.08. The normalized spacial score (nSPS) is 11.2. The van der Waals surface area contributed by atoms with Crippen molar-refractivity contribution in [2.75, 3.05) is 25.1 Å². The van der Waals surface area contributed by atoms with Crippen LogP contribution in [-0.4, -0.2) is 35.7 Å². The lowest BCUT2D eigenvalue weighted by atomic mass is 10.1. The zero-order valence-electron chi connectivity index (χ0n) is 12.8. The maximum Gasteiger partial charge on any atom is 0.307 e. The van der Waals surface area contributed by atoms with Crippen molar-refractivity contribution >= 4 is 11.8 Å². The molecule has 1 heterocycles. The van der Waals surface area contributed by atoms with Gasteiger partial charge in [0.1, 0.15) is 0 Å². The second-order valence-corrected chi connectivity index (χ2v) is 5.57. The molecule has 0 aliphatic heterocycles. The Hall–Kier alpha value is -1.85. The number of ether oxygens (including phenoxy) is 1. The van der Waals surface area contributed by atoms with Gasteiger partial charge in [0.05, 0.1) is 13.0 Å². The van der Waals surface area contributed by atoms with E-state index in [2.05, 4.69) is 4.98 Å². The molecule has 0 N–H and O–H groups in total. The van der Waals surface area contributed by atoms with Crippen LogP contribution in [0.25, 0.3) is 0 Å². The molecule has 20 heavy (non-hydrogen) atoms. The average molecular weight is 281 g/mol. The lowest BCUT2D eigenvalue weighted by Gasteiger charge is -2.24. The van der Waals surface area contributed by atoms with Crippen LogP contribution in [0.3, 0.4) is 0 Å². The highest BCUT2D eigenvalue weighted by Gasteiger charge is 2.18. The molecule has 0 saturated heterocycles. The van der Waals surface area contributed by atoms with Crippen LogP contribution in [0.15, 0.2) is 17.2 Å². The molecule has 0 aliphatic carbocycles. The van der Waals surface area contributed by atoms with E-state index in [1.165, 1.54) is 0 Å². The first kappa shape index (κ1) is 16.2. The summed E-state index contributed by atoms with van der Waals surface area (Å²) in [4.78, 5) is 29.5. The van der Waals surface area contributed by atoms with Crippen molar-refractivity contribution in [1.82, 2.24) is 9.55 Å². The first-order valence-electron chi connectivity index (χ1n) is 6.72. The van der Waals surface area contributed by atoms with Crippen molar-refractivity contribution in [1.29, 1.82) is 0 Å². The first-order chi connectivity index (χ1) is 9.27. The van der Waals surface area contributed by atoms with E-state index in [-0.39, 0.29) is 23.5 Å². The van der Waals surface area contributed by atoms with Gasteiger partial charge in [-0.15, -0.1) is 0 Å². The summed E-state index contributed by atoms with van der Waals surface area (Å²) < 4.78 is 6.50. The van der Waals surface area contributed by atoms with Crippen LogP contribution >= 0.6 is 0 Å². The second kappa shape index (κ2) is 6.54. The van der Waals surface area contributed by atoms with Gasteiger partial charge in [0.25, 0.3) is 5.56 Å². The number of anilines is 1. The fraction of sp³-hybridized carbons (Fsp3) is 0.643. The number of rotatable bonds is 5. The van der Waals surface area contributed by atoms with E-state index in [0.717, 1.165) is 0 Å². The predicted octanol–water partition coefficient (Wildman–Crippen LogP) is 1.39. The summed E-state index contributed by atoms with van der Waals surface area (Å²) in [6.45, 7) is 8.39. The third-order valence-electron chi connectivity index (χ3n) is 2.86. The molecule has 0 spiro atoms. The minimum absolute atomic E-state index is 0.161. The number of aromatic nitrogens is 2. The van der Waals surface area contributed by atoms with Gasteiger partial charge in [-0.05, 0) is 27.7 Å². The van der Waals surface area contributed by atoms with Gasteiger partial charge in [0.15, 0.2) is 5.82 Å². The summed E-state index contributed by atoms with van der Waals surface area (Å²) in [5.41, 5.74) is -0.470. The number of nitrogens with zero attached hydrogens (tertiary/aromatic N) is 3. The van der Waals surface area contributed by atoms with E-state index in [9.17, 15) is 9.59 Å². The lowest BCUT2D eigenvalue weighted by molar-refractivity contribution is -0.142. The van der Waals surface area contributed by atoms with Gasteiger partial charge in [-0.2, -0.15) is 0 Å². The van der Waals surface area contributed by atoms with E-state index in [1.54, 1.807) is 35.8 Å². The molecule has 6 heteroatoms. The van der Waals surface area contributed by atoms with Gasteiger partial charge in [0.2, 0.25) is 0 Å². The number of carbonyl (C=O) groups is 1. The molecular weight excluding hydrogens is 258 g/mol. The van der Waals surface area contributed by atoms with Crippen LogP contribution in [0.1, 0.15) is 34.1 Å².